The fraction of sp³-hybridized carbons (Fsp3) is 0.500. The highest BCUT2D eigenvalue weighted by Gasteiger charge is 2.12. The summed E-state index contributed by atoms with van der Waals surface area (Å²) in [5, 5.41) is 2.29. The molecule has 0 saturated heterocycles. The minimum atomic E-state index is -4.03. The van der Waals surface area contributed by atoms with E-state index in [-0.39, 0.29) is 0 Å². The van der Waals surface area contributed by atoms with Crippen LogP contribution in [0.15, 0.2) is 12.7 Å². The predicted molar refractivity (Wildman–Crippen MR) is 44.2 cm³/mol. The first kappa shape index (κ1) is 11.1. The van der Waals surface area contributed by atoms with Gasteiger partial charge >= 0.3 is 0 Å². The van der Waals surface area contributed by atoms with Crippen molar-refractivity contribution in [2.45, 2.75) is 13.0 Å². The summed E-state index contributed by atoms with van der Waals surface area (Å²) in [5.74, 6) is -0.960. The number of carbonyl (C=O) groups excluding carboxylic acids is 1. The van der Waals surface area contributed by atoms with Crippen LogP contribution in [0.4, 0.5) is 0 Å². The van der Waals surface area contributed by atoms with Crippen LogP contribution in [0.25, 0.3) is 0 Å². The summed E-state index contributed by atoms with van der Waals surface area (Å²) in [4.78, 5) is 10.6. The van der Waals surface area contributed by atoms with Crippen molar-refractivity contribution in [2.75, 3.05) is 5.75 Å². The first-order valence-electron chi connectivity index (χ1n) is 3.23. The van der Waals surface area contributed by atoms with E-state index in [0.29, 0.717) is 0 Å². The van der Waals surface area contributed by atoms with Crippen LogP contribution in [0, 0.1) is 0 Å². The molecule has 0 saturated carbocycles. The summed E-state index contributed by atoms with van der Waals surface area (Å²) < 4.78 is 28.9. The minimum Gasteiger partial charge on any atom is -0.349 e. The molecule has 0 aromatic heterocycles. The lowest BCUT2D eigenvalue weighted by Gasteiger charge is -2.09. The van der Waals surface area contributed by atoms with E-state index in [1.165, 1.54) is 6.92 Å². The Kier molecular flexibility index (Phi) is 3.91. The number of hydrogen-bond donors (Lipinski definition) is 2. The van der Waals surface area contributed by atoms with Crippen molar-refractivity contribution in [3.05, 3.63) is 12.7 Å². The normalized spacial score (nSPS) is 13.5. The van der Waals surface area contributed by atoms with Gasteiger partial charge in [-0.1, -0.05) is 6.58 Å². The smallest absolute Gasteiger partial charge is 0.266 e. The summed E-state index contributed by atoms with van der Waals surface area (Å²) >= 11 is 0. The number of nitrogens with one attached hydrogen (secondary N) is 1. The molecule has 0 fully saturated rings. The van der Waals surface area contributed by atoms with Crippen molar-refractivity contribution >= 4 is 16.0 Å². The molecule has 6 heteroatoms. The SMILES string of the molecule is C=CC(=O)N[C@@H](C)CS(=O)(=O)O. The van der Waals surface area contributed by atoms with Gasteiger partial charge < -0.3 is 5.32 Å². The molecule has 0 aliphatic carbocycles. The fourth-order valence-electron chi connectivity index (χ4n) is 0.659. The minimum absolute atomic E-state index is 0.467. The second-order valence-electron chi connectivity index (χ2n) is 2.36. The van der Waals surface area contributed by atoms with E-state index in [2.05, 4.69) is 11.9 Å². The highest BCUT2D eigenvalue weighted by atomic mass is 32.2. The molecule has 12 heavy (non-hydrogen) atoms. The Morgan fingerprint density at radius 2 is 2.25 bits per heavy atom. The van der Waals surface area contributed by atoms with E-state index in [4.69, 9.17) is 4.55 Å². The van der Waals surface area contributed by atoms with Crippen LogP contribution in [0.3, 0.4) is 0 Å². The lowest BCUT2D eigenvalue weighted by molar-refractivity contribution is -0.116. The number of carbonyl (C=O) groups is 1. The number of rotatable bonds is 4. The molecule has 1 atom stereocenters. The summed E-state index contributed by atoms with van der Waals surface area (Å²) in [6, 6.07) is -0.620. The maximum absolute atomic E-state index is 10.6. The van der Waals surface area contributed by atoms with E-state index < -0.39 is 27.8 Å². The van der Waals surface area contributed by atoms with Gasteiger partial charge in [-0.05, 0) is 13.0 Å². The largest absolute Gasteiger partial charge is 0.349 e. The standard InChI is InChI=1S/C6H11NO4S/c1-3-6(8)7-5(2)4-12(9,10)11/h3,5H,1,4H2,2H3,(H,7,8)(H,9,10,11)/t5-/m0/s1. The van der Waals surface area contributed by atoms with E-state index >= 15 is 0 Å². The average molecular weight is 193 g/mol. The van der Waals surface area contributed by atoms with Crippen LogP contribution in [-0.4, -0.2) is 30.7 Å². The summed E-state index contributed by atoms with van der Waals surface area (Å²) in [7, 11) is -4.03. The van der Waals surface area contributed by atoms with Crippen LogP contribution >= 0.6 is 0 Å². The third kappa shape index (κ3) is 5.87. The van der Waals surface area contributed by atoms with Crippen molar-refractivity contribution < 1.29 is 17.8 Å². The maximum Gasteiger partial charge on any atom is 0.266 e. The van der Waals surface area contributed by atoms with Crippen molar-refractivity contribution in [3.8, 4) is 0 Å². The number of amides is 1. The van der Waals surface area contributed by atoms with Crippen LogP contribution in [0.5, 0.6) is 0 Å². The molecule has 0 unspecified atom stereocenters. The molecule has 0 bridgehead atoms. The molecule has 5 nitrogen and oxygen atoms in total. The zero-order chi connectivity index (χ0) is 9.78. The van der Waals surface area contributed by atoms with Gasteiger partial charge in [-0.3, -0.25) is 9.35 Å². The highest BCUT2D eigenvalue weighted by molar-refractivity contribution is 7.85. The predicted octanol–water partition coefficient (Wildman–Crippen LogP) is -0.435. The third-order valence-corrected chi connectivity index (χ3v) is 1.96. The highest BCUT2D eigenvalue weighted by Crippen LogP contribution is 1.89. The first-order valence-corrected chi connectivity index (χ1v) is 4.84. The molecule has 0 aromatic rings. The van der Waals surface area contributed by atoms with Gasteiger partial charge in [0.2, 0.25) is 5.91 Å². The molecular weight excluding hydrogens is 182 g/mol. The van der Waals surface area contributed by atoms with E-state index in [1.807, 2.05) is 0 Å². The Hall–Kier alpha value is -0.880. The summed E-state index contributed by atoms with van der Waals surface area (Å²) in [6.07, 6.45) is 1.03. The Morgan fingerprint density at radius 1 is 1.75 bits per heavy atom. The molecular formula is C6H11NO4S. The molecule has 0 radical (unpaired) electrons. The van der Waals surface area contributed by atoms with Crippen LogP contribution in [-0.2, 0) is 14.9 Å². The monoisotopic (exact) mass is 193 g/mol. The zero-order valence-corrected chi connectivity index (χ0v) is 7.47. The second kappa shape index (κ2) is 4.22. The second-order valence-corrected chi connectivity index (χ2v) is 3.86. The van der Waals surface area contributed by atoms with E-state index in [9.17, 15) is 13.2 Å². The Morgan fingerprint density at radius 3 is 2.58 bits per heavy atom. The van der Waals surface area contributed by atoms with Gasteiger partial charge in [0.15, 0.2) is 0 Å². The van der Waals surface area contributed by atoms with Gasteiger partial charge in [0.25, 0.3) is 10.1 Å². The third-order valence-electron chi connectivity index (χ3n) is 1.03. The van der Waals surface area contributed by atoms with Gasteiger partial charge in [0.05, 0.1) is 5.75 Å². The van der Waals surface area contributed by atoms with E-state index in [1.54, 1.807) is 0 Å². The molecule has 0 aromatic carbocycles. The quantitative estimate of drug-likeness (QED) is 0.468. The van der Waals surface area contributed by atoms with Crippen molar-refractivity contribution in [1.82, 2.24) is 5.32 Å². The lowest BCUT2D eigenvalue weighted by Crippen LogP contribution is -2.36. The molecule has 0 aliphatic rings. The van der Waals surface area contributed by atoms with E-state index in [0.717, 1.165) is 6.08 Å². The van der Waals surface area contributed by atoms with Gasteiger partial charge in [0, 0.05) is 6.04 Å². The van der Waals surface area contributed by atoms with Crippen molar-refractivity contribution in [3.63, 3.8) is 0 Å². The van der Waals surface area contributed by atoms with Crippen LogP contribution in [0.2, 0.25) is 0 Å². The Bertz CT molecular complexity index is 269. The fourth-order valence-corrected chi connectivity index (χ4v) is 1.37. The van der Waals surface area contributed by atoms with Crippen molar-refractivity contribution in [1.29, 1.82) is 0 Å². The maximum atomic E-state index is 10.6. The Balaban J connectivity index is 3.99. The van der Waals surface area contributed by atoms with Gasteiger partial charge in [0.1, 0.15) is 0 Å². The topological polar surface area (TPSA) is 83.5 Å². The first-order chi connectivity index (χ1) is 5.35. The number of hydrogen-bond acceptors (Lipinski definition) is 3. The van der Waals surface area contributed by atoms with Crippen LogP contribution in [0.1, 0.15) is 6.92 Å². The molecule has 1 amide bonds. The summed E-state index contributed by atoms with van der Waals surface area (Å²) in [6.45, 7) is 4.65. The zero-order valence-electron chi connectivity index (χ0n) is 6.65. The molecule has 2 N–H and O–H groups in total. The molecule has 0 aliphatic heterocycles. The van der Waals surface area contributed by atoms with Gasteiger partial charge in [-0.15, -0.1) is 0 Å². The Labute approximate surface area is 71.2 Å². The average Bonchev–Trinajstić information content (AvgIpc) is 1.82. The molecule has 0 spiro atoms. The lowest BCUT2D eigenvalue weighted by atomic mass is 10.4. The molecule has 0 heterocycles. The van der Waals surface area contributed by atoms with Gasteiger partial charge in [-0.2, -0.15) is 8.42 Å². The molecule has 70 valence electrons. The van der Waals surface area contributed by atoms with Crippen LogP contribution < -0.4 is 5.32 Å². The molecule has 0 rings (SSSR count). The van der Waals surface area contributed by atoms with Gasteiger partial charge in [-0.25, -0.2) is 0 Å². The van der Waals surface area contributed by atoms with Crippen molar-refractivity contribution in [2.24, 2.45) is 0 Å². The summed E-state index contributed by atoms with van der Waals surface area (Å²) in [5.41, 5.74) is 0.